The molecule has 0 saturated carbocycles. The maximum atomic E-state index is 12.3. The average molecular weight is 261 g/mol. The topological polar surface area (TPSA) is 53.5 Å². The maximum absolute atomic E-state index is 12.3. The number of hydrogen-bond acceptors (Lipinski definition) is 3. The van der Waals surface area contributed by atoms with Crippen molar-refractivity contribution in [2.75, 3.05) is 7.05 Å². The molecule has 1 aliphatic rings. The van der Waals surface area contributed by atoms with Gasteiger partial charge in [-0.3, -0.25) is 14.6 Å². The van der Waals surface area contributed by atoms with E-state index >= 15 is 0 Å². The Bertz CT molecular complexity index is 515. The Labute approximate surface area is 113 Å². The number of nitrogens with zero attached hydrogens (tertiary/aromatic N) is 3. The van der Waals surface area contributed by atoms with Crippen LogP contribution >= 0.6 is 0 Å². The number of amides is 2. The minimum atomic E-state index is -0.423. The van der Waals surface area contributed by atoms with Crippen LogP contribution in [0.3, 0.4) is 0 Å². The van der Waals surface area contributed by atoms with Gasteiger partial charge in [0.05, 0.1) is 0 Å². The first-order valence-electron chi connectivity index (χ1n) is 6.41. The van der Waals surface area contributed by atoms with Crippen molar-refractivity contribution in [1.82, 2.24) is 14.8 Å². The minimum Gasteiger partial charge on any atom is -0.332 e. The van der Waals surface area contributed by atoms with Crippen molar-refractivity contribution in [1.29, 1.82) is 0 Å². The molecule has 2 rings (SSSR count). The minimum absolute atomic E-state index is 0.0159. The lowest BCUT2D eigenvalue weighted by atomic mass is 10.1. The first kappa shape index (κ1) is 13.5. The lowest BCUT2D eigenvalue weighted by Crippen LogP contribution is -2.61. The molecule has 0 spiro atoms. The van der Waals surface area contributed by atoms with E-state index in [-0.39, 0.29) is 11.8 Å². The molecule has 0 N–H and O–H groups in total. The molecule has 5 heteroatoms. The van der Waals surface area contributed by atoms with Crippen LogP contribution in [0.15, 0.2) is 18.3 Å². The molecule has 1 aromatic rings. The van der Waals surface area contributed by atoms with Crippen molar-refractivity contribution in [2.45, 2.75) is 39.4 Å². The van der Waals surface area contributed by atoms with Crippen LogP contribution < -0.4 is 0 Å². The van der Waals surface area contributed by atoms with Crippen molar-refractivity contribution >= 4 is 11.8 Å². The van der Waals surface area contributed by atoms with Crippen LogP contribution in [0.1, 0.15) is 25.1 Å². The van der Waals surface area contributed by atoms with Crippen LogP contribution in [0.2, 0.25) is 0 Å². The van der Waals surface area contributed by atoms with Crippen LogP contribution in [0.4, 0.5) is 0 Å². The van der Waals surface area contributed by atoms with Gasteiger partial charge < -0.3 is 9.80 Å². The lowest BCUT2D eigenvalue weighted by Gasteiger charge is -2.41. The Hall–Kier alpha value is -1.91. The van der Waals surface area contributed by atoms with Gasteiger partial charge in [-0.25, -0.2) is 0 Å². The normalized spacial score (nSPS) is 24.0. The van der Waals surface area contributed by atoms with Crippen molar-refractivity contribution in [2.24, 2.45) is 0 Å². The summed E-state index contributed by atoms with van der Waals surface area (Å²) in [4.78, 5) is 31.8. The number of aromatic nitrogens is 1. The molecule has 19 heavy (non-hydrogen) atoms. The molecule has 2 atom stereocenters. The summed E-state index contributed by atoms with van der Waals surface area (Å²) in [5.74, 6) is -0.0357. The first-order valence-corrected chi connectivity index (χ1v) is 6.41. The van der Waals surface area contributed by atoms with Crippen molar-refractivity contribution in [3.8, 4) is 0 Å². The second-order valence-corrected chi connectivity index (χ2v) is 5.02. The molecule has 102 valence electrons. The molecular formula is C14H19N3O2. The second-order valence-electron chi connectivity index (χ2n) is 5.02. The Morgan fingerprint density at radius 2 is 1.89 bits per heavy atom. The summed E-state index contributed by atoms with van der Waals surface area (Å²) in [6.45, 7) is 5.87. The predicted molar refractivity (Wildman–Crippen MR) is 71.2 cm³/mol. The number of carbonyl (C=O) groups is 2. The molecule has 0 bridgehead atoms. The number of hydrogen-bond donors (Lipinski definition) is 0. The highest BCUT2D eigenvalue weighted by atomic mass is 16.2. The molecule has 0 aromatic carbocycles. The molecular weight excluding hydrogens is 242 g/mol. The van der Waals surface area contributed by atoms with Gasteiger partial charge in [-0.05, 0) is 32.4 Å². The third-order valence-electron chi connectivity index (χ3n) is 3.85. The van der Waals surface area contributed by atoms with Crippen molar-refractivity contribution < 1.29 is 9.59 Å². The fourth-order valence-corrected chi connectivity index (χ4v) is 2.30. The number of aryl methyl sites for hydroxylation is 1. The molecule has 1 aliphatic heterocycles. The van der Waals surface area contributed by atoms with Crippen LogP contribution in [-0.4, -0.2) is 45.7 Å². The Morgan fingerprint density at radius 3 is 2.53 bits per heavy atom. The van der Waals surface area contributed by atoms with Crippen LogP contribution in [0.25, 0.3) is 0 Å². The SMILES string of the molecule is Cc1ncccc1CN1C(=O)[C@H](C)N(C)C(=O)[C@@H]1C. The van der Waals surface area contributed by atoms with Gasteiger partial charge in [0.2, 0.25) is 11.8 Å². The molecule has 0 aliphatic carbocycles. The van der Waals surface area contributed by atoms with E-state index in [1.807, 2.05) is 19.1 Å². The summed E-state index contributed by atoms with van der Waals surface area (Å²) in [5, 5.41) is 0. The highest BCUT2D eigenvalue weighted by Crippen LogP contribution is 2.20. The van der Waals surface area contributed by atoms with E-state index in [1.54, 1.807) is 32.0 Å². The molecule has 1 aromatic heterocycles. The van der Waals surface area contributed by atoms with E-state index in [0.29, 0.717) is 6.54 Å². The lowest BCUT2D eigenvalue weighted by molar-refractivity contribution is -0.159. The van der Waals surface area contributed by atoms with Gasteiger partial charge in [-0.2, -0.15) is 0 Å². The van der Waals surface area contributed by atoms with Gasteiger partial charge in [0.15, 0.2) is 0 Å². The zero-order valence-corrected chi connectivity index (χ0v) is 11.8. The van der Waals surface area contributed by atoms with E-state index in [0.717, 1.165) is 11.3 Å². The van der Waals surface area contributed by atoms with Gasteiger partial charge in [0.1, 0.15) is 12.1 Å². The highest BCUT2D eigenvalue weighted by Gasteiger charge is 2.39. The van der Waals surface area contributed by atoms with E-state index in [2.05, 4.69) is 4.98 Å². The largest absolute Gasteiger partial charge is 0.332 e. The average Bonchev–Trinajstić information content (AvgIpc) is 2.41. The summed E-state index contributed by atoms with van der Waals surface area (Å²) in [7, 11) is 1.67. The monoisotopic (exact) mass is 261 g/mol. The van der Waals surface area contributed by atoms with E-state index < -0.39 is 12.1 Å². The van der Waals surface area contributed by atoms with Crippen molar-refractivity contribution in [3.63, 3.8) is 0 Å². The molecule has 2 heterocycles. The van der Waals surface area contributed by atoms with Gasteiger partial charge in [0.25, 0.3) is 0 Å². The third kappa shape index (κ3) is 2.32. The Balaban J connectivity index is 2.26. The highest BCUT2D eigenvalue weighted by molar-refractivity contribution is 5.96. The van der Waals surface area contributed by atoms with Crippen LogP contribution in [-0.2, 0) is 16.1 Å². The number of likely N-dealkylation sites (N-methyl/N-ethyl adjacent to an activating group) is 1. The maximum Gasteiger partial charge on any atom is 0.246 e. The fraction of sp³-hybridized carbons (Fsp3) is 0.500. The standard InChI is InChI=1S/C14H19N3O2/c1-9-12(6-5-7-15-9)8-17-11(3)13(18)16(4)10(2)14(17)19/h5-7,10-11H,8H2,1-4H3/t10-,11-/m0/s1. The summed E-state index contributed by atoms with van der Waals surface area (Å²) in [5.41, 5.74) is 1.87. The summed E-state index contributed by atoms with van der Waals surface area (Å²) in [6.07, 6.45) is 1.72. The quantitative estimate of drug-likeness (QED) is 0.797. The predicted octanol–water partition coefficient (Wildman–Crippen LogP) is 0.968. The smallest absolute Gasteiger partial charge is 0.246 e. The Morgan fingerprint density at radius 1 is 1.21 bits per heavy atom. The number of pyridine rings is 1. The summed E-state index contributed by atoms with van der Waals surface area (Å²) >= 11 is 0. The number of rotatable bonds is 2. The molecule has 1 saturated heterocycles. The van der Waals surface area contributed by atoms with Crippen molar-refractivity contribution in [3.05, 3.63) is 29.6 Å². The van der Waals surface area contributed by atoms with Gasteiger partial charge in [-0.15, -0.1) is 0 Å². The molecule has 5 nitrogen and oxygen atoms in total. The zero-order chi connectivity index (χ0) is 14.2. The molecule has 2 amide bonds. The van der Waals surface area contributed by atoms with Crippen LogP contribution in [0.5, 0.6) is 0 Å². The van der Waals surface area contributed by atoms with Gasteiger partial charge >= 0.3 is 0 Å². The second kappa shape index (κ2) is 4.99. The van der Waals surface area contributed by atoms with Gasteiger partial charge in [-0.1, -0.05) is 6.07 Å². The Kier molecular flexibility index (Phi) is 3.55. The summed E-state index contributed by atoms with van der Waals surface area (Å²) < 4.78 is 0. The fourth-order valence-electron chi connectivity index (χ4n) is 2.30. The van der Waals surface area contributed by atoms with Crippen LogP contribution in [0, 0.1) is 6.92 Å². The molecule has 0 radical (unpaired) electrons. The molecule has 1 fully saturated rings. The van der Waals surface area contributed by atoms with E-state index in [4.69, 9.17) is 0 Å². The van der Waals surface area contributed by atoms with Gasteiger partial charge in [0, 0.05) is 25.5 Å². The number of carbonyl (C=O) groups excluding carboxylic acids is 2. The zero-order valence-electron chi connectivity index (χ0n) is 11.8. The number of piperazine rings is 1. The van der Waals surface area contributed by atoms with E-state index in [9.17, 15) is 9.59 Å². The first-order chi connectivity index (χ1) is 8.93. The summed E-state index contributed by atoms with van der Waals surface area (Å²) in [6, 6.07) is 2.96. The third-order valence-corrected chi connectivity index (χ3v) is 3.85. The van der Waals surface area contributed by atoms with E-state index in [1.165, 1.54) is 4.90 Å². The molecule has 0 unspecified atom stereocenters.